The first kappa shape index (κ1) is 14.7. The van der Waals surface area contributed by atoms with Gasteiger partial charge in [-0.25, -0.2) is 4.68 Å². The van der Waals surface area contributed by atoms with Crippen LogP contribution >= 0.6 is 0 Å². The van der Waals surface area contributed by atoms with Gasteiger partial charge in [0.25, 0.3) is 5.56 Å². The lowest BCUT2D eigenvalue weighted by molar-refractivity contribution is 0.338. The highest BCUT2D eigenvalue weighted by Gasteiger charge is 2.15. The number of hydrogen-bond acceptors (Lipinski definition) is 3. The van der Waals surface area contributed by atoms with Crippen LogP contribution in [-0.2, 0) is 6.54 Å². The van der Waals surface area contributed by atoms with Crippen molar-refractivity contribution in [1.29, 1.82) is 0 Å². The van der Waals surface area contributed by atoms with Crippen LogP contribution in [0.25, 0.3) is 10.8 Å². The smallest absolute Gasteiger partial charge is 0.274 e. The molecule has 0 fully saturated rings. The standard InChI is InChI=1S/C16H23N3O/c1-4-9-17-15(12(2)3)11-19-16(20)14-8-6-5-7-13(14)10-18-19/h5-8,10,12,15,17H,4,9,11H2,1-3H3. The number of benzene rings is 1. The highest BCUT2D eigenvalue weighted by molar-refractivity contribution is 5.80. The Morgan fingerprint density at radius 1 is 1.30 bits per heavy atom. The molecule has 4 nitrogen and oxygen atoms in total. The van der Waals surface area contributed by atoms with E-state index < -0.39 is 0 Å². The van der Waals surface area contributed by atoms with E-state index in [0.29, 0.717) is 12.5 Å². The van der Waals surface area contributed by atoms with E-state index in [-0.39, 0.29) is 11.6 Å². The Morgan fingerprint density at radius 2 is 2.05 bits per heavy atom. The molecule has 108 valence electrons. The number of rotatable bonds is 6. The quantitative estimate of drug-likeness (QED) is 0.879. The molecule has 1 aromatic heterocycles. The van der Waals surface area contributed by atoms with E-state index in [4.69, 9.17) is 0 Å². The number of nitrogens with one attached hydrogen (secondary N) is 1. The van der Waals surface area contributed by atoms with Crippen molar-refractivity contribution in [2.24, 2.45) is 5.92 Å². The zero-order valence-electron chi connectivity index (χ0n) is 12.5. The molecule has 0 bridgehead atoms. The van der Waals surface area contributed by atoms with Gasteiger partial charge in [0.15, 0.2) is 0 Å². The minimum atomic E-state index is -0.00736. The van der Waals surface area contributed by atoms with Gasteiger partial charge in [-0.1, -0.05) is 39.0 Å². The maximum absolute atomic E-state index is 12.4. The third kappa shape index (κ3) is 3.25. The molecule has 0 saturated carbocycles. The lowest BCUT2D eigenvalue weighted by Gasteiger charge is -2.22. The maximum Gasteiger partial charge on any atom is 0.274 e. The van der Waals surface area contributed by atoms with Gasteiger partial charge in [0.05, 0.1) is 18.1 Å². The van der Waals surface area contributed by atoms with Gasteiger partial charge in [-0.3, -0.25) is 4.79 Å². The molecule has 4 heteroatoms. The van der Waals surface area contributed by atoms with Gasteiger partial charge in [0.1, 0.15) is 0 Å². The van der Waals surface area contributed by atoms with Crippen molar-refractivity contribution in [2.45, 2.75) is 39.8 Å². The number of nitrogens with zero attached hydrogens (tertiary/aromatic N) is 2. The Labute approximate surface area is 119 Å². The lowest BCUT2D eigenvalue weighted by Crippen LogP contribution is -2.41. The van der Waals surface area contributed by atoms with E-state index in [0.717, 1.165) is 23.7 Å². The van der Waals surface area contributed by atoms with Gasteiger partial charge in [-0.2, -0.15) is 5.10 Å². The summed E-state index contributed by atoms with van der Waals surface area (Å²) < 4.78 is 1.58. The topological polar surface area (TPSA) is 46.9 Å². The molecule has 0 amide bonds. The summed E-state index contributed by atoms with van der Waals surface area (Å²) in [5, 5.41) is 9.43. The molecule has 1 N–H and O–H groups in total. The van der Waals surface area contributed by atoms with Gasteiger partial charge >= 0.3 is 0 Å². The number of hydrogen-bond donors (Lipinski definition) is 1. The van der Waals surface area contributed by atoms with Crippen molar-refractivity contribution in [3.8, 4) is 0 Å². The van der Waals surface area contributed by atoms with Crippen LogP contribution in [0.3, 0.4) is 0 Å². The van der Waals surface area contributed by atoms with Crippen LogP contribution in [-0.4, -0.2) is 22.4 Å². The number of aromatic nitrogens is 2. The molecule has 20 heavy (non-hydrogen) atoms. The molecule has 0 saturated heterocycles. The summed E-state index contributed by atoms with van der Waals surface area (Å²) in [7, 11) is 0. The van der Waals surface area contributed by atoms with Crippen LogP contribution in [0, 0.1) is 5.92 Å². The predicted molar refractivity (Wildman–Crippen MR) is 82.9 cm³/mol. The summed E-state index contributed by atoms with van der Waals surface area (Å²) in [5.41, 5.74) is -0.00736. The molecule has 1 aromatic carbocycles. The van der Waals surface area contributed by atoms with Gasteiger partial charge in [0.2, 0.25) is 0 Å². The second-order valence-corrected chi connectivity index (χ2v) is 5.52. The average molecular weight is 273 g/mol. The molecular formula is C16H23N3O. The van der Waals surface area contributed by atoms with Crippen LogP contribution in [0.1, 0.15) is 27.2 Å². The van der Waals surface area contributed by atoms with E-state index in [1.54, 1.807) is 10.9 Å². The van der Waals surface area contributed by atoms with Gasteiger partial charge in [-0.05, 0) is 24.9 Å². The third-order valence-corrected chi connectivity index (χ3v) is 3.59. The van der Waals surface area contributed by atoms with Crippen LogP contribution in [0.5, 0.6) is 0 Å². The largest absolute Gasteiger partial charge is 0.312 e. The minimum Gasteiger partial charge on any atom is -0.312 e. The Hall–Kier alpha value is -1.68. The fourth-order valence-corrected chi connectivity index (χ4v) is 2.28. The highest BCUT2D eigenvalue weighted by atomic mass is 16.1. The summed E-state index contributed by atoms with van der Waals surface area (Å²) in [6.07, 6.45) is 2.86. The molecule has 0 radical (unpaired) electrons. The van der Waals surface area contributed by atoms with Crippen LogP contribution in [0.4, 0.5) is 0 Å². The SMILES string of the molecule is CCCNC(Cn1ncc2ccccc2c1=O)C(C)C. The highest BCUT2D eigenvalue weighted by Crippen LogP contribution is 2.08. The molecule has 1 atom stereocenters. The van der Waals surface area contributed by atoms with Crippen LogP contribution < -0.4 is 10.9 Å². The predicted octanol–water partition coefficient (Wildman–Crippen LogP) is 2.42. The molecule has 0 aliphatic heterocycles. The van der Waals surface area contributed by atoms with Gasteiger partial charge in [-0.15, -0.1) is 0 Å². The van der Waals surface area contributed by atoms with Crippen molar-refractivity contribution < 1.29 is 0 Å². The average Bonchev–Trinajstić information content (AvgIpc) is 2.45. The number of fused-ring (bicyclic) bond motifs is 1. The van der Waals surface area contributed by atoms with Crippen LogP contribution in [0.2, 0.25) is 0 Å². The van der Waals surface area contributed by atoms with E-state index in [2.05, 4.69) is 31.2 Å². The first-order valence-corrected chi connectivity index (χ1v) is 7.31. The summed E-state index contributed by atoms with van der Waals surface area (Å²) in [6, 6.07) is 7.86. The fraction of sp³-hybridized carbons (Fsp3) is 0.500. The third-order valence-electron chi connectivity index (χ3n) is 3.59. The zero-order chi connectivity index (χ0) is 14.5. The summed E-state index contributed by atoms with van der Waals surface area (Å²) in [5.74, 6) is 0.460. The monoisotopic (exact) mass is 273 g/mol. The van der Waals surface area contributed by atoms with E-state index in [9.17, 15) is 4.79 Å². The maximum atomic E-state index is 12.4. The Bertz CT molecular complexity index is 618. The molecule has 2 aromatic rings. The van der Waals surface area contributed by atoms with Crippen molar-refractivity contribution in [3.05, 3.63) is 40.8 Å². The normalized spacial score (nSPS) is 13.0. The Morgan fingerprint density at radius 3 is 2.75 bits per heavy atom. The molecule has 0 aliphatic rings. The van der Waals surface area contributed by atoms with Crippen molar-refractivity contribution in [2.75, 3.05) is 6.54 Å². The molecular weight excluding hydrogens is 250 g/mol. The molecule has 1 heterocycles. The second-order valence-electron chi connectivity index (χ2n) is 5.52. The molecule has 1 unspecified atom stereocenters. The molecule has 0 spiro atoms. The first-order valence-electron chi connectivity index (χ1n) is 7.31. The Balaban J connectivity index is 2.28. The van der Waals surface area contributed by atoms with Gasteiger partial charge in [0, 0.05) is 11.4 Å². The second kappa shape index (κ2) is 6.66. The van der Waals surface area contributed by atoms with E-state index >= 15 is 0 Å². The molecule has 2 rings (SSSR count). The first-order chi connectivity index (χ1) is 9.63. The Kier molecular flexibility index (Phi) is 4.90. The van der Waals surface area contributed by atoms with Gasteiger partial charge < -0.3 is 5.32 Å². The summed E-state index contributed by atoms with van der Waals surface area (Å²) in [6.45, 7) is 8.05. The summed E-state index contributed by atoms with van der Waals surface area (Å²) in [4.78, 5) is 12.4. The van der Waals surface area contributed by atoms with E-state index in [1.807, 2.05) is 24.3 Å². The van der Waals surface area contributed by atoms with Crippen LogP contribution in [0.15, 0.2) is 35.3 Å². The van der Waals surface area contributed by atoms with Crippen molar-refractivity contribution in [3.63, 3.8) is 0 Å². The van der Waals surface area contributed by atoms with Crippen molar-refractivity contribution in [1.82, 2.24) is 15.1 Å². The molecule has 0 aliphatic carbocycles. The summed E-state index contributed by atoms with van der Waals surface area (Å²) >= 11 is 0. The minimum absolute atomic E-state index is 0.00736. The van der Waals surface area contributed by atoms with E-state index in [1.165, 1.54) is 0 Å². The van der Waals surface area contributed by atoms with Crippen molar-refractivity contribution >= 4 is 10.8 Å². The zero-order valence-corrected chi connectivity index (χ0v) is 12.5. The lowest BCUT2D eigenvalue weighted by atomic mass is 10.0. The fourth-order valence-electron chi connectivity index (χ4n) is 2.28.